The van der Waals surface area contributed by atoms with Gasteiger partial charge in [0.1, 0.15) is 11.5 Å². The van der Waals surface area contributed by atoms with E-state index in [0.29, 0.717) is 54.4 Å². The van der Waals surface area contributed by atoms with Crippen LogP contribution < -0.4 is 20.1 Å². The Hall–Kier alpha value is -3.87. The number of urea groups is 1. The first-order valence-electron chi connectivity index (χ1n) is 16.9. The number of hydrogen-bond acceptors (Lipinski definition) is 8. The van der Waals surface area contributed by atoms with Crippen LogP contribution >= 0.6 is 0 Å². The fourth-order valence-electron chi connectivity index (χ4n) is 5.49. The van der Waals surface area contributed by atoms with Gasteiger partial charge < -0.3 is 44.7 Å². The molecule has 0 saturated carbocycles. The predicted molar refractivity (Wildman–Crippen MR) is 188 cm³/mol. The first-order valence-corrected chi connectivity index (χ1v) is 16.9. The summed E-state index contributed by atoms with van der Waals surface area (Å²) in [6, 6.07) is 11.4. The van der Waals surface area contributed by atoms with Crippen molar-refractivity contribution in [2.75, 3.05) is 71.7 Å². The first kappa shape index (κ1) is 38.6. The monoisotopic (exact) mass is 669 g/mol. The van der Waals surface area contributed by atoms with Crippen LogP contribution in [0.2, 0.25) is 0 Å². The molecular formula is C36H55N5O7. The quantitative estimate of drug-likeness (QED) is 0.307. The van der Waals surface area contributed by atoms with Gasteiger partial charge in [0.2, 0.25) is 5.91 Å². The molecule has 0 saturated heterocycles. The summed E-state index contributed by atoms with van der Waals surface area (Å²) < 4.78 is 17.9. The van der Waals surface area contributed by atoms with Gasteiger partial charge in [-0.25, -0.2) is 4.79 Å². The van der Waals surface area contributed by atoms with Crippen molar-refractivity contribution >= 4 is 29.2 Å². The molecule has 1 aliphatic heterocycles. The van der Waals surface area contributed by atoms with Gasteiger partial charge in [0.05, 0.1) is 37.5 Å². The number of amides is 4. The zero-order valence-corrected chi connectivity index (χ0v) is 29.7. The minimum Gasteiger partial charge on any atom is -0.497 e. The Morgan fingerprint density at radius 2 is 1.77 bits per heavy atom. The average molecular weight is 670 g/mol. The highest BCUT2D eigenvalue weighted by Crippen LogP contribution is 2.29. The third-order valence-corrected chi connectivity index (χ3v) is 8.49. The lowest BCUT2D eigenvalue weighted by Gasteiger charge is -2.35. The maximum atomic E-state index is 14.3. The van der Waals surface area contributed by atoms with Crippen molar-refractivity contribution in [3.63, 3.8) is 0 Å². The van der Waals surface area contributed by atoms with E-state index >= 15 is 0 Å². The number of rotatable bonds is 11. The van der Waals surface area contributed by atoms with Crippen molar-refractivity contribution < 1.29 is 33.7 Å². The Labute approximate surface area is 285 Å². The summed E-state index contributed by atoms with van der Waals surface area (Å²) in [5.41, 5.74) is 1.45. The summed E-state index contributed by atoms with van der Waals surface area (Å²) in [4.78, 5) is 45.4. The number of hydrogen-bond donors (Lipinski definition) is 3. The molecule has 48 heavy (non-hydrogen) atoms. The number of nitrogens with one attached hydrogen (secondary N) is 2. The van der Waals surface area contributed by atoms with E-state index in [-0.39, 0.29) is 49.1 Å². The molecule has 0 spiro atoms. The van der Waals surface area contributed by atoms with Crippen LogP contribution in [-0.4, -0.2) is 117 Å². The van der Waals surface area contributed by atoms with E-state index in [1.54, 1.807) is 73.3 Å². The summed E-state index contributed by atoms with van der Waals surface area (Å²) >= 11 is 0. The van der Waals surface area contributed by atoms with Gasteiger partial charge in [-0.05, 0) is 103 Å². The largest absolute Gasteiger partial charge is 0.497 e. The maximum Gasteiger partial charge on any atom is 0.321 e. The van der Waals surface area contributed by atoms with E-state index in [2.05, 4.69) is 10.6 Å². The van der Waals surface area contributed by atoms with Gasteiger partial charge >= 0.3 is 6.03 Å². The number of nitrogens with zero attached hydrogens (tertiary/aromatic N) is 3. The zero-order chi connectivity index (χ0) is 35.2. The number of aliphatic hydroxyl groups excluding tert-OH is 1. The topological polar surface area (TPSA) is 133 Å². The molecule has 1 aliphatic rings. The second-order valence-electron chi connectivity index (χ2n) is 13.0. The van der Waals surface area contributed by atoms with Gasteiger partial charge in [0.25, 0.3) is 5.91 Å². The molecule has 0 aromatic heterocycles. The van der Waals surface area contributed by atoms with E-state index in [4.69, 9.17) is 14.2 Å². The van der Waals surface area contributed by atoms with Gasteiger partial charge in [0, 0.05) is 50.5 Å². The van der Waals surface area contributed by atoms with Crippen LogP contribution in [0, 0.1) is 5.92 Å². The summed E-state index contributed by atoms with van der Waals surface area (Å²) in [6.45, 7) is 7.33. The molecular weight excluding hydrogens is 614 g/mol. The SMILES string of the molecule is COc1ccc(NC(=O)N(C)C[C@H]2OCCCC[C@H](C)Oc3ccc(NC(=O)CCCN(C)C)cc3C(=O)N([C@H](C)CO)C[C@@H]2C)cc1. The van der Waals surface area contributed by atoms with Crippen LogP contribution in [0.1, 0.15) is 63.2 Å². The molecule has 12 nitrogen and oxygen atoms in total. The van der Waals surface area contributed by atoms with Crippen molar-refractivity contribution in [2.45, 2.75) is 71.1 Å². The predicted octanol–water partition coefficient (Wildman–Crippen LogP) is 4.93. The molecule has 0 unspecified atom stereocenters. The summed E-state index contributed by atoms with van der Waals surface area (Å²) in [6.07, 6.45) is 2.93. The normalized spacial score (nSPS) is 19.8. The van der Waals surface area contributed by atoms with Crippen molar-refractivity contribution in [1.82, 2.24) is 14.7 Å². The van der Waals surface area contributed by atoms with Gasteiger partial charge in [-0.1, -0.05) is 6.92 Å². The van der Waals surface area contributed by atoms with Crippen molar-refractivity contribution in [3.05, 3.63) is 48.0 Å². The minimum absolute atomic E-state index is 0.131. The van der Waals surface area contributed by atoms with Crippen LogP contribution in [0.25, 0.3) is 0 Å². The molecule has 12 heteroatoms. The number of anilines is 2. The van der Waals surface area contributed by atoms with E-state index in [1.165, 1.54) is 0 Å². The van der Waals surface area contributed by atoms with Crippen molar-refractivity contribution in [2.24, 2.45) is 5.92 Å². The highest BCUT2D eigenvalue weighted by Gasteiger charge is 2.31. The second kappa shape index (κ2) is 19.2. The van der Waals surface area contributed by atoms with Crippen LogP contribution in [0.15, 0.2) is 42.5 Å². The fourth-order valence-corrected chi connectivity index (χ4v) is 5.49. The average Bonchev–Trinajstić information content (AvgIpc) is 3.06. The molecule has 0 bridgehead atoms. The number of ether oxygens (including phenoxy) is 3. The lowest BCUT2D eigenvalue weighted by atomic mass is 10.0. The van der Waals surface area contributed by atoms with Crippen LogP contribution in [-0.2, 0) is 9.53 Å². The van der Waals surface area contributed by atoms with E-state index in [0.717, 1.165) is 25.8 Å². The molecule has 0 fully saturated rings. The van der Waals surface area contributed by atoms with Gasteiger partial charge in [-0.3, -0.25) is 9.59 Å². The smallest absolute Gasteiger partial charge is 0.321 e. The molecule has 2 aromatic rings. The number of methoxy groups -OCH3 is 1. The molecule has 0 radical (unpaired) electrons. The number of aliphatic hydroxyl groups is 1. The molecule has 4 atom stereocenters. The van der Waals surface area contributed by atoms with Crippen LogP contribution in [0.4, 0.5) is 16.2 Å². The third-order valence-electron chi connectivity index (χ3n) is 8.49. The van der Waals surface area contributed by atoms with Gasteiger partial charge in [-0.2, -0.15) is 0 Å². The number of carbonyl (C=O) groups excluding carboxylic acids is 3. The summed E-state index contributed by atoms with van der Waals surface area (Å²) in [7, 11) is 7.23. The Balaban J connectivity index is 1.85. The summed E-state index contributed by atoms with van der Waals surface area (Å²) in [5, 5.41) is 16.1. The van der Waals surface area contributed by atoms with E-state index in [9.17, 15) is 19.5 Å². The Kier molecular flexibility index (Phi) is 15.4. The van der Waals surface area contributed by atoms with Gasteiger partial charge in [-0.15, -0.1) is 0 Å². The standard InChI is InChI=1S/C36H55N5O7/c1-25-22-41(26(2)24-42)35(44)31-21-29(37-34(43)12-10-19-39(4)5)15-18-32(31)48-27(3)11-8-9-20-47-33(25)23-40(6)36(45)38-28-13-16-30(46-7)17-14-28/h13-18,21,25-27,33,42H,8-12,19-20,22-24H2,1-7H3,(H,37,43)(H,38,45)/t25-,26+,27-,33+/m0/s1. The number of benzene rings is 2. The Morgan fingerprint density at radius 3 is 2.44 bits per heavy atom. The molecule has 2 aromatic carbocycles. The number of likely N-dealkylation sites (N-methyl/N-ethyl adjacent to an activating group) is 1. The third kappa shape index (κ3) is 12.0. The fraction of sp³-hybridized carbons (Fsp3) is 0.583. The van der Waals surface area contributed by atoms with Crippen LogP contribution in [0.3, 0.4) is 0 Å². The summed E-state index contributed by atoms with van der Waals surface area (Å²) in [5.74, 6) is 0.467. The molecule has 266 valence electrons. The Morgan fingerprint density at radius 1 is 1.06 bits per heavy atom. The van der Waals surface area contributed by atoms with Crippen LogP contribution in [0.5, 0.6) is 11.5 Å². The Bertz CT molecular complexity index is 1320. The lowest BCUT2D eigenvalue weighted by Crippen LogP contribution is -2.48. The molecule has 1 heterocycles. The zero-order valence-electron chi connectivity index (χ0n) is 29.7. The minimum atomic E-state index is -0.515. The number of fused-ring (bicyclic) bond motifs is 1. The molecule has 4 amide bonds. The lowest BCUT2D eigenvalue weighted by molar-refractivity contribution is -0.116. The molecule has 0 aliphatic carbocycles. The highest BCUT2D eigenvalue weighted by atomic mass is 16.5. The van der Waals surface area contributed by atoms with Crippen molar-refractivity contribution in [3.8, 4) is 11.5 Å². The van der Waals surface area contributed by atoms with Crippen molar-refractivity contribution in [1.29, 1.82) is 0 Å². The van der Waals surface area contributed by atoms with Gasteiger partial charge in [0.15, 0.2) is 0 Å². The van der Waals surface area contributed by atoms with E-state index in [1.807, 2.05) is 32.8 Å². The number of carbonyl (C=O) groups is 3. The molecule has 3 N–H and O–H groups in total. The molecule has 3 rings (SSSR count). The first-order chi connectivity index (χ1) is 22.9. The second-order valence-corrected chi connectivity index (χ2v) is 13.0. The maximum absolute atomic E-state index is 14.3. The van der Waals surface area contributed by atoms with E-state index < -0.39 is 6.04 Å². The highest BCUT2D eigenvalue weighted by molar-refractivity contribution is 5.99.